The number of nitrogens with one attached hydrogen (secondary N) is 1. The van der Waals surface area contributed by atoms with Gasteiger partial charge in [0.25, 0.3) is 0 Å². The van der Waals surface area contributed by atoms with E-state index in [9.17, 15) is 8.42 Å². The number of benzene rings is 2. The molecule has 1 heterocycles. The third-order valence-electron chi connectivity index (χ3n) is 5.00. The molecule has 156 valence electrons. The Balaban J connectivity index is 1.40. The standard InChI is InChI=1S/C22H29N3O2S2/c1-23-22(24-14-8-16-29(26,27)21-11-6-3-7-12-21)25-15-13-19(17-25)18-28-20-9-4-2-5-10-20/h2-7,9-12,19H,8,13-18H2,1H3,(H,23,24). The molecule has 0 aromatic heterocycles. The highest BCUT2D eigenvalue weighted by Gasteiger charge is 2.25. The lowest BCUT2D eigenvalue weighted by Crippen LogP contribution is -2.40. The van der Waals surface area contributed by atoms with Crippen molar-refractivity contribution in [2.75, 3.05) is 38.2 Å². The van der Waals surface area contributed by atoms with Gasteiger partial charge in [-0.3, -0.25) is 4.99 Å². The van der Waals surface area contributed by atoms with Crippen LogP contribution < -0.4 is 5.32 Å². The second-order valence-corrected chi connectivity index (χ2v) is 10.4. The summed E-state index contributed by atoms with van der Waals surface area (Å²) in [7, 11) is -1.44. The summed E-state index contributed by atoms with van der Waals surface area (Å²) in [6.45, 7) is 2.57. The van der Waals surface area contributed by atoms with Crippen LogP contribution in [0.25, 0.3) is 0 Å². The minimum atomic E-state index is -3.22. The average Bonchev–Trinajstić information content (AvgIpc) is 3.22. The molecule has 1 aliphatic rings. The summed E-state index contributed by atoms with van der Waals surface area (Å²) in [6, 6.07) is 19.1. The smallest absolute Gasteiger partial charge is 0.193 e. The number of rotatable bonds is 8. The van der Waals surface area contributed by atoms with Crippen LogP contribution in [0, 0.1) is 5.92 Å². The molecule has 3 rings (SSSR count). The van der Waals surface area contributed by atoms with E-state index in [2.05, 4.69) is 39.5 Å². The van der Waals surface area contributed by atoms with Gasteiger partial charge in [0, 0.05) is 37.3 Å². The number of nitrogens with zero attached hydrogens (tertiary/aromatic N) is 2. The minimum absolute atomic E-state index is 0.136. The van der Waals surface area contributed by atoms with Gasteiger partial charge < -0.3 is 10.2 Å². The lowest BCUT2D eigenvalue weighted by Gasteiger charge is -2.21. The first-order valence-electron chi connectivity index (χ1n) is 10.00. The van der Waals surface area contributed by atoms with Crippen molar-refractivity contribution >= 4 is 27.6 Å². The zero-order chi connectivity index (χ0) is 20.5. The molecule has 29 heavy (non-hydrogen) atoms. The maximum absolute atomic E-state index is 12.4. The Hall–Kier alpha value is -1.99. The molecule has 0 spiro atoms. The van der Waals surface area contributed by atoms with Crippen molar-refractivity contribution in [2.24, 2.45) is 10.9 Å². The molecule has 7 heteroatoms. The first-order chi connectivity index (χ1) is 14.1. The first kappa shape index (κ1) is 21.7. The predicted octanol–water partition coefficient (Wildman–Crippen LogP) is 3.54. The molecule has 0 amide bonds. The quantitative estimate of drug-likeness (QED) is 0.300. The fourth-order valence-electron chi connectivity index (χ4n) is 3.43. The fourth-order valence-corrected chi connectivity index (χ4v) is 5.81. The highest BCUT2D eigenvalue weighted by Crippen LogP contribution is 2.25. The zero-order valence-electron chi connectivity index (χ0n) is 16.8. The molecule has 0 bridgehead atoms. The molecule has 5 nitrogen and oxygen atoms in total. The Labute approximate surface area is 178 Å². The molecule has 1 fully saturated rings. The van der Waals surface area contributed by atoms with Crippen molar-refractivity contribution in [1.29, 1.82) is 0 Å². The van der Waals surface area contributed by atoms with Gasteiger partial charge >= 0.3 is 0 Å². The minimum Gasteiger partial charge on any atom is -0.356 e. The Morgan fingerprint density at radius 2 is 1.83 bits per heavy atom. The van der Waals surface area contributed by atoms with Crippen LogP contribution in [-0.2, 0) is 9.84 Å². The van der Waals surface area contributed by atoms with Crippen LogP contribution in [0.3, 0.4) is 0 Å². The van der Waals surface area contributed by atoms with Crippen LogP contribution in [-0.4, -0.2) is 57.5 Å². The molecule has 2 aromatic rings. The highest BCUT2D eigenvalue weighted by molar-refractivity contribution is 7.99. The normalized spacial score (nSPS) is 17.5. The molecule has 0 aliphatic carbocycles. The van der Waals surface area contributed by atoms with Crippen molar-refractivity contribution in [3.63, 3.8) is 0 Å². The van der Waals surface area contributed by atoms with E-state index in [4.69, 9.17) is 0 Å². The predicted molar refractivity (Wildman–Crippen MR) is 121 cm³/mol. The van der Waals surface area contributed by atoms with Gasteiger partial charge in [0.2, 0.25) is 0 Å². The summed E-state index contributed by atoms with van der Waals surface area (Å²) < 4.78 is 24.7. The number of hydrogen-bond donors (Lipinski definition) is 1. The third kappa shape index (κ3) is 6.51. The molecular formula is C22H29N3O2S2. The van der Waals surface area contributed by atoms with E-state index in [1.165, 1.54) is 4.90 Å². The van der Waals surface area contributed by atoms with E-state index in [0.29, 0.717) is 23.8 Å². The fraction of sp³-hybridized carbons (Fsp3) is 0.409. The number of hydrogen-bond acceptors (Lipinski definition) is 4. The van der Waals surface area contributed by atoms with Gasteiger partial charge in [-0.05, 0) is 43.0 Å². The molecule has 1 atom stereocenters. The SMILES string of the molecule is CN=C(NCCCS(=O)(=O)c1ccccc1)N1CCC(CSc2ccccc2)C1. The number of thioether (sulfide) groups is 1. The summed E-state index contributed by atoms with van der Waals surface area (Å²) >= 11 is 1.91. The molecule has 1 N–H and O–H groups in total. The monoisotopic (exact) mass is 431 g/mol. The third-order valence-corrected chi connectivity index (χ3v) is 8.06. The van der Waals surface area contributed by atoms with Gasteiger partial charge in [-0.1, -0.05) is 36.4 Å². The second kappa shape index (κ2) is 10.7. The Kier molecular flexibility index (Phi) is 8.00. The molecule has 2 aromatic carbocycles. The molecule has 1 aliphatic heterocycles. The van der Waals surface area contributed by atoms with Crippen LogP contribution in [0.1, 0.15) is 12.8 Å². The second-order valence-electron chi connectivity index (χ2n) is 7.18. The zero-order valence-corrected chi connectivity index (χ0v) is 18.5. The van der Waals surface area contributed by atoms with Gasteiger partial charge in [-0.15, -0.1) is 11.8 Å². The maximum Gasteiger partial charge on any atom is 0.193 e. The first-order valence-corrected chi connectivity index (χ1v) is 12.6. The van der Waals surface area contributed by atoms with Crippen LogP contribution in [0.5, 0.6) is 0 Å². The van der Waals surface area contributed by atoms with Gasteiger partial charge in [0.1, 0.15) is 0 Å². The Morgan fingerprint density at radius 3 is 2.52 bits per heavy atom. The van der Waals surface area contributed by atoms with Crippen molar-refractivity contribution in [1.82, 2.24) is 10.2 Å². The van der Waals surface area contributed by atoms with Gasteiger partial charge in [0.05, 0.1) is 10.6 Å². The van der Waals surface area contributed by atoms with E-state index < -0.39 is 9.84 Å². The molecule has 1 unspecified atom stereocenters. The van der Waals surface area contributed by atoms with Crippen molar-refractivity contribution in [3.05, 3.63) is 60.7 Å². The number of guanidine groups is 1. The summed E-state index contributed by atoms with van der Waals surface area (Å²) in [5.41, 5.74) is 0. The van der Waals surface area contributed by atoms with Crippen LogP contribution in [0.15, 0.2) is 75.4 Å². The van der Waals surface area contributed by atoms with Crippen LogP contribution in [0.2, 0.25) is 0 Å². The van der Waals surface area contributed by atoms with Crippen LogP contribution >= 0.6 is 11.8 Å². The van der Waals surface area contributed by atoms with Gasteiger partial charge in [0.15, 0.2) is 15.8 Å². The lowest BCUT2D eigenvalue weighted by molar-refractivity contribution is 0.474. The lowest BCUT2D eigenvalue weighted by atomic mass is 10.2. The summed E-state index contributed by atoms with van der Waals surface area (Å²) in [5, 5.41) is 3.33. The number of sulfone groups is 1. The largest absolute Gasteiger partial charge is 0.356 e. The molecule has 1 saturated heterocycles. The Morgan fingerprint density at radius 1 is 1.14 bits per heavy atom. The molecule has 0 saturated carbocycles. The maximum atomic E-state index is 12.4. The van der Waals surface area contributed by atoms with E-state index in [0.717, 1.165) is 31.2 Å². The van der Waals surface area contributed by atoms with Crippen LogP contribution in [0.4, 0.5) is 0 Å². The molecular weight excluding hydrogens is 402 g/mol. The highest BCUT2D eigenvalue weighted by atomic mass is 32.2. The van der Waals surface area contributed by atoms with Gasteiger partial charge in [-0.2, -0.15) is 0 Å². The van der Waals surface area contributed by atoms with E-state index in [1.54, 1.807) is 31.3 Å². The molecule has 0 radical (unpaired) electrons. The van der Waals surface area contributed by atoms with Crippen molar-refractivity contribution < 1.29 is 8.42 Å². The van der Waals surface area contributed by atoms with Gasteiger partial charge in [-0.25, -0.2) is 8.42 Å². The van der Waals surface area contributed by atoms with E-state index in [1.807, 2.05) is 23.9 Å². The Bertz CT molecular complexity index is 887. The topological polar surface area (TPSA) is 61.8 Å². The van der Waals surface area contributed by atoms with E-state index >= 15 is 0 Å². The van der Waals surface area contributed by atoms with E-state index in [-0.39, 0.29) is 5.75 Å². The average molecular weight is 432 g/mol. The summed E-state index contributed by atoms with van der Waals surface area (Å²) in [4.78, 5) is 8.37. The van der Waals surface area contributed by atoms with Crippen molar-refractivity contribution in [3.8, 4) is 0 Å². The number of likely N-dealkylation sites (tertiary alicyclic amines) is 1. The summed E-state index contributed by atoms with van der Waals surface area (Å²) in [5.74, 6) is 2.75. The van der Waals surface area contributed by atoms with Crippen molar-refractivity contribution in [2.45, 2.75) is 22.6 Å². The number of aliphatic imine (C=N–C) groups is 1. The summed E-state index contributed by atoms with van der Waals surface area (Å²) in [6.07, 6.45) is 1.71.